The van der Waals surface area contributed by atoms with Crippen LogP contribution in [-0.4, -0.2) is 13.2 Å². The summed E-state index contributed by atoms with van der Waals surface area (Å²) in [6, 6.07) is 16.6. The third-order valence-electron chi connectivity index (χ3n) is 5.76. The van der Waals surface area contributed by atoms with Crippen LogP contribution in [0.3, 0.4) is 0 Å². The minimum Gasteiger partial charge on any atom is -0.493 e. The molecule has 0 fully saturated rings. The molecule has 0 aliphatic heterocycles. The van der Waals surface area contributed by atoms with Crippen LogP contribution in [0.5, 0.6) is 17.2 Å². The van der Waals surface area contributed by atoms with E-state index in [0.29, 0.717) is 19.8 Å². The molecule has 4 heteroatoms. The zero-order valence-corrected chi connectivity index (χ0v) is 21.0. The van der Waals surface area contributed by atoms with Gasteiger partial charge in [-0.3, -0.25) is 0 Å². The average molecular weight is 452 g/mol. The molecule has 33 heavy (non-hydrogen) atoms. The van der Waals surface area contributed by atoms with Gasteiger partial charge in [-0.15, -0.1) is 0 Å². The number of ether oxygens (including phenoxy) is 3. The van der Waals surface area contributed by atoms with Crippen LogP contribution in [0.1, 0.15) is 83.8 Å². The van der Waals surface area contributed by atoms with Gasteiger partial charge in [0.15, 0.2) is 11.5 Å². The van der Waals surface area contributed by atoms with Crippen LogP contribution in [0.15, 0.2) is 42.5 Å². The molecule has 0 saturated carbocycles. The molecule has 0 aliphatic carbocycles. The Labute approximate surface area is 200 Å². The van der Waals surface area contributed by atoms with Crippen molar-refractivity contribution < 1.29 is 14.2 Å². The van der Waals surface area contributed by atoms with Gasteiger partial charge >= 0.3 is 0 Å². The molecular weight excluding hydrogens is 410 g/mol. The highest BCUT2D eigenvalue weighted by Crippen LogP contribution is 2.36. The molecule has 0 spiro atoms. The van der Waals surface area contributed by atoms with Crippen LogP contribution in [-0.2, 0) is 13.0 Å². The predicted octanol–water partition coefficient (Wildman–Crippen LogP) is 7.89. The first-order valence-corrected chi connectivity index (χ1v) is 12.5. The molecule has 0 atom stereocenters. The third kappa shape index (κ3) is 9.78. The van der Waals surface area contributed by atoms with Crippen molar-refractivity contribution >= 4 is 0 Å². The van der Waals surface area contributed by atoms with E-state index in [0.717, 1.165) is 73.3 Å². The third-order valence-corrected chi connectivity index (χ3v) is 5.76. The lowest BCUT2D eigenvalue weighted by Crippen LogP contribution is -2.08. The van der Waals surface area contributed by atoms with Crippen molar-refractivity contribution in [3.63, 3.8) is 0 Å². The Hall–Kier alpha value is -2.67. The summed E-state index contributed by atoms with van der Waals surface area (Å²) in [6.45, 7) is 10.2. The normalized spacial score (nSPS) is 11.1. The van der Waals surface area contributed by atoms with Crippen LogP contribution in [0, 0.1) is 16.7 Å². The first-order chi connectivity index (χ1) is 16.0. The van der Waals surface area contributed by atoms with Gasteiger partial charge in [0, 0.05) is 6.07 Å². The summed E-state index contributed by atoms with van der Waals surface area (Å²) < 4.78 is 18.5. The van der Waals surface area contributed by atoms with Crippen molar-refractivity contribution in [2.75, 3.05) is 13.2 Å². The van der Waals surface area contributed by atoms with Gasteiger partial charge in [-0.2, -0.15) is 5.26 Å². The number of rotatable bonds is 16. The van der Waals surface area contributed by atoms with Crippen LogP contribution in [0.4, 0.5) is 0 Å². The molecule has 0 N–H and O–H groups in total. The van der Waals surface area contributed by atoms with E-state index in [-0.39, 0.29) is 5.41 Å². The molecule has 0 aromatic heterocycles. The number of nitriles is 1. The quantitative estimate of drug-likeness (QED) is 0.243. The zero-order valence-electron chi connectivity index (χ0n) is 21.0. The minimum absolute atomic E-state index is 0.242. The van der Waals surface area contributed by atoms with Crippen molar-refractivity contribution in [1.82, 2.24) is 0 Å². The first kappa shape index (κ1) is 26.6. The Bertz CT molecular complexity index is 855. The summed E-state index contributed by atoms with van der Waals surface area (Å²) in [5.41, 5.74) is 2.02. The maximum absolute atomic E-state index is 9.15. The van der Waals surface area contributed by atoms with Crippen LogP contribution in [0.2, 0.25) is 0 Å². The van der Waals surface area contributed by atoms with E-state index in [1.165, 1.54) is 6.42 Å². The Balaban J connectivity index is 2.02. The molecule has 0 saturated heterocycles. The Kier molecular flexibility index (Phi) is 11.7. The van der Waals surface area contributed by atoms with Crippen LogP contribution in [0.25, 0.3) is 0 Å². The van der Waals surface area contributed by atoms with E-state index >= 15 is 0 Å². The number of benzene rings is 2. The summed E-state index contributed by atoms with van der Waals surface area (Å²) in [6.07, 6.45) is 8.23. The van der Waals surface area contributed by atoms with Crippen LogP contribution < -0.4 is 14.2 Å². The SMILES string of the molecule is CCCCCOc1cc(CC)c(OCCCCCC(C)(C)C#N)cc1OCc1ccccc1. The average Bonchev–Trinajstić information content (AvgIpc) is 2.83. The predicted molar refractivity (Wildman–Crippen MR) is 135 cm³/mol. The van der Waals surface area contributed by atoms with Gasteiger partial charge in [-0.1, -0.05) is 69.9 Å². The van der Waals surface area contributed by atoms with Crippen molar-refractivity contribution in [1.29, 1.82) is 5.26 Å². The molecule has 2 rings (SSSR count). The largest absolute Gasteiger partial charge is 0.493 e. The van der Waals surface area contributed by atoms with E-state index in [1.807, 2.05) is 38.1 Å². The summed E-state index contributed by atoms with van der Waals surface area (Å²) in [7, 11) is 0. The fourth-order valence-electron chi connectivity index (χ4n) is 3.57. The monoisotopic (exact) mass is 451 g/mol. The number of hydrogen-bond donors (Lipinski definition) is 0. The lowest BCUT2D eigenvalue weighted by Gasteiger charge is -2.18. The second-order valence-electron chi connectivity index (χ2n) is 9.24. The molecule has 4 nitrogen and oxygen atoms in total. The van der Waals surface area contributed by atoms with Crippen molar-refractivity contribution in [3.05, 3.63) is 53.6 Å². The molecule has 0 heterocycles. The fraction of sp³-hybridized carbons (Fsp3) is 0.552. The number of aryl methyl sites for hydroxylation is 1. The number of hydrogen-bond acceptors (Lipinski definition) is 4. The molecule has 0 bridgehead atoms. The van der Waals surface area contributed by atoms with E-state index in [4.69, 9.17) is 19.5 Å². The highest BCUT2D eigenvalue weighted by molar-refractivity contribution is 5.51. The molecule has 0 radical (unpaired) electrons. The van der Waals surface area contributed by atoms with E-state index in [2.05, 4.69) is 38.1 Å². The van der Waals surface area contributed by atoms with Gasteiger partial charge in [-0.05, 0) is 56.7 Å². The van der Waals surface area contributed by atoms with Gasteiger partial charge in [0.1, 0.15) is 12.4 Å². The molecular formula is C29H41NO3. The molecule has 2 aromatic carbocycles. The van der Waals surface area contributed by atoms with Gasteiger partial charge in [-0.25, -0.2) is 0 Å². The van der Waals surface area contributed by atoms with Crippen molar-refractivity contribution in [2.45, 2.75) is 85.7 Å². The topological polar surface area (TPSA) is 51.5 Å². The summed E-state index contributed by atoms with van der Waals surface area (Å²) >= 11 is 0. The Morgan fingerprint density at radius 3 is 2.12 bits per heavy atom. The molecule has 0 unspecified atom stereocenters. The molecule has 2 aromatic rings. The van der Waals surface area contributed by atoms with Crippen molar-refractivity contribution in [2.24, 2.45) is 5.41 Å². The molecule has 180 valence electrons. The maximum atomic E-state index is 9.15. The van der Waals surface area contributed by atoms with Crippen LogP contribution >= 0.6 is 0 Å². The minimum atomic E-state index is -0.242. The Morgan fingerprint density at radius 1 is 0.788 bits per heavy atom. The molecule has 0 amide bonds. The second-order valence-corrected chi connectivity index (χ2v) is 9.24. The smallest absolute Gasteiger partial charge is 0.165 e. The van der Waals surface area contributed by atoms with Gasteiger partial charge in [0.25, 0.3) is 0 Å². The van der Waals surface area contributed by atoms with Gasteiger partial charge in [0.05, 0.1) is 24.7 Å². The fourth-order valence-corrected chi connectivity index (χ4v) is 3.57. The first-order valence-electron chi connectivity index (χ1n) is 12.5. The number of nitrogens with zero attached hydrogens (tertiary/aromatic N) is 1. The standard InChI is InChI=1S/C29H41NO3/c1-5-7-13-18-32-27-20-25(6-2)26(31-19-14-9-12-17-29(3,4)23-30)21-28(27)33-22-24-15-10-8-11-16-24/h8,10-11,15-16,20-21H,5-7,9,12-14,17-19,22H2,1-4H3. The lowest BCUT2D eigenvalue weighted by molar-refractivity contribution is 0.252. The van der Waals surface area contributed by atoms with Gasteiger partial charge < -0.3 is 14.2 Å². The highest BCUT2D eigenvalue weighted by atomic mass is 16.5. The van der Waals surface area contributed by atoms with E-state index in [9.17, 15) is 0 Å². The zero-order chi connectivity index (χ0) is 23.9. The Morgan fingerprint density at radius 2 is 1.45 bits per heavy atom. The highest BCUT2D eigenvalue weighted by Gasteiger charge is 2.16. The van der Waals surface area contributed by atoms with E-state index in [1.54, 1.807) is 0 Å². The second kappa shape index (κ2) is 14.5. The number of unbranched alkanes of at least 4 members (excludes halogenated alkanes) is 4. The van der Waals surface area contributed by atoms with Gasteiger partial charge in [0.2, 0.25) is 0 Å². The lowest BCUT2D eigenvalue weighted by atomic mass is 9.89. The molecule has 0 aliphatic rings. The summed E-state index contributed by atoms with van der Waals surface area (Å²) in [4.78, 5) is 0. The van der Waals surface area contributed by atoms with Crippen molar-refractivity contribution in [3.8, 4) is 23.3 Å². The maximum Gasteiger partial charge on any atom is 0.165 e. The summed E-state index contributed by atoms with van der Waals surface area (Å²) in [5.74, 6) is 2.40. The van der Waals surface area contributed by atoms with E-state index < -0.39 is 0 Å². The summed E-state index contributed by atoms with van der Waals surface area (Å²) in [5, 5.41) is 9.15.